The number of hydrogen-bond donors (Lipinski definition) is 2. The second-order valence-corrected chi connectivity index (χ2v) is 4.46. The number of benzene rings is 1. The molecule has 2 rings (SSSR count). The first-order chi connectivity index (χ1) is 7.15. The monoisotopic (exact) mass is 229 g/mol. The molecule has 1 aromatic carbocycles. The molecular weight excluding hydrogens is 217 g/mol. The van der Waals surface area contributed by atoms with E-state index >= 15 is 0 Å². The van der Waals surface area contributed by atoms with Crippen LogP contribution in [0.3, 0.4) is 0 Å². The Bertz CT molecular complexity index is 366. The highest BCUT2D eigenvalue weighted by atomic mass is 35.5. The third-order valence-corrected chi connectivity index (χ3v) is 3.06. The summed E-state index contributed by atoms with van der Waals surface area (Å²) in [5, 5.41) is 12.6. The smallest absolute Gasteiger partial charge is 0.129 e. The maximum Gasteiger partial charge on any atom is 0.129 e. The van der Waals surface area contributed by atoms with Crippen molar-refractivity contribution in [3.8, 4) is 0 Å². The van der Waals surface area contributed by atoms with Crippen LogP contribution in [0.15, 0.2) is 18.2 Å². The fourth-order valence-electron chi connectivity index (χ4n) is 1.49. The Labute approximate surface area is 93.1 Å². The van der Waals surface area contributed by atoms with Gasteiger partial charge in [0.05, 0.1) is 6.61 Å². The van der Waals surface area contributed by atoms with Gasteiger partial charge in [-0.25, -0.2) is 4.39 Å². The van der Waals surface area contributed by atoms with E-state index in [4.69, 9.17) is 16.7 Å². The lowest BCUT2D eigenvalue weighted by Gasteiger charge is -2.14. The molecule has 15 heavy (non-hydrogen) atoms. The van der Waals surface area contributed by atoms with Gasteiger partial charge >= 0.3 is 0 Å². The van der Waals surface area contributed by atoms with Gasteiger partial charge in [-0.2, -0.15) is 0 Å². The van der Waals surface area contributed by atoms with Gasteiger partial charge in [-0.1, -0.05) is 17.7 Å². The first-order valence-corrected chi connectivity index (χ1v) is 5.33. The Hall–Kier alpha value is -0.640. The number of aliphatic hydroxyl groups excluding tert-OH is 1. The lowest BCUT2D eigenvalue weighted by Crippen LogP contribution is -2.34. The van der Waals surface area contributed by atoms with Crippen LogP contribution in [0.4, 0.5) is 4.39 Å². The molecule has 0 aromatic heterocycles. The van der Waals surface area contributed by atoms with Crippen molar-refractivity contribution in [3.63, 3.8) is 0 Å². The van der Waals surface area contributed by atoms with Crippen molar-refractivity contribution in [2.24, 2.45) is 0 Å². The highest BCUT2D eigenvalue weighted by molar-refractivity contribution is 6.30. The first kappa shape index (κ1) is 10.9. The summed E-state index contributed by atoms with van der Waals surface area (Å²) in [4.78, 5) is 0. The van der Waals surface area contributed by atoms with E-state index < -0.39 is 0 Å². The summed E-state index contributed by atoms with van der Waals surface area (Å²) < 4.78 is 13.4. The molecule has 0 aliphatic heterocycles. The molecule has 0 atom stereocenters. The molecule has 2 nitrogen and oxygen atoms in total. The Morgan fingerprint density at radius 1 is 1.47 bits per heavy atom. The summed E-state index contributed by atoms with van der Waals surface area (Å²) in [5.74, 6) is -0.302. The van der Waals surface area contributed by atoms with E-state index in [1.165, 1.54) is 6.07 Å². The van der Waals surface area contributed by atoms with Crippen LogP contribution in [-0.2, 0) is 6.54 Å². The molecule has 0 unspecified atom stereocenters. The van der Waals surface area contributed by atoms with Crippen LogP contribution in [0.2, 0.25) is 5.02 Å². The Balaban J connectivity index is 1.99. The zero-order chi connectivity index (χ0) is 10.9. The van der Waals surface area contributed by atoms with Gasteiger partial charge in [0.25, 0.3) is 0 Å². The van der Waals surface area contributed by atoms with Crippen LogP contribution in [0.1, 0.15) is 18.4 Å². The minimum atomic E-state index is -0.302. The highest BCUT2D eigenvalue weighted by Crippen LogP contribution is 2.34. The lowest BCUT2D eigenvalue weighted by molar-refractivity contribution is 0.229. The summed E-state index contributed by atoms with van der Waals surface area (Å²) in [7, 11) is 0. The molecular formula is C11H13ClFNO. The molecule has 1 aliphatic rings. The zero-order valence-electron chi connectivity index (χ0n) is 8.26. The SMILES string of the molecule is OCC1(NCc2ccc(Cl)cc2F)CC1. The van der Waals surface area contributed by atoms with Crippen LogP contribution >= 0.6 is 11.6 Å². The molecule has 0 amide bonds. The van der Waals surface area contributed by atoms with Gasteiger partial charge in [-0.15, -0.1) is 0 Å². The fourth-order valence-corrected chi connectivity index (χ4v) is 1.65. The molecule has 2 N–H and O–H groups in total. The number of aliphatic hydroxyl groups is 1. The molecule has 4 heteroatoms. The van der Waals surface area contributed by atoms with Crippen molar-refractivity contribution < 1.29 is 9.50 Å². The second-order valence-electron chi connectivity index (χ2n) is 4.03. The van der Waals surface area contributed by atoms with Gasteiger partial charge in [-0.05, 0) is 25.0 Å². The molecule has 1 aliphatic carbocycles. The van der Waals surface area contributed by atoms with Gasteiger partial charge in [0, 0.05) is 22.7 Å². The molecule has 1 saturated carbocycles. The first-order valence-electron chi connectivity index (χ1n) is 4.95. The summed E-state index contributed by atoms with van der Waals surface area (Å²) in [6.45, 7) is 0.547. The van der Waals surface area contributed by atoms with Gasteiger partial charge in [-0.3, -0.25) is 0 Å². The maximum absolute atomic E-state index is 13.4. The fraction of sp³-hybridized carbons (Fsp3) is 0.455. The lowest BCUT2D eigenvalue weighted by atomic mass is 10.2. The number of hydrogen-bond acceptors (Lipinski definition) is 2. The maximum atomic E-state index is 13.4. The number of rotatable bonds is 4. The molecule has 82 valence electrons. The van der Waals surface area contributed by atoms with Crippen molar-refractivity contribution in [1.29, 1.82) is 0 Å². The predicted octanol–water partition coefficient (Wildman–Crippen LogP) is 2.09. The Morgan fingerprint density at radius 2 is 2.20 bits per heavy atom. The van der Waals surface area contributed by atoms with Crippen molar-refractivity contribution >= 4 is 11.6 Å². The van der Waals surface area contributed by atoms with Crippen molar-refractivity contribution in [2.75, 3.05) is 6.61 Å². The van der Waals surface area contributed by atoms with Crippen LogP contribution in [0.5, 0.6) is 0 Å². The second kappa shape index (κ2) is 4.08. The average molecular weight is 230 g/mol. The Morgan fingerprint density at radius 3 is 2.73 bits per heavy atom. The van der Waals surface area contributed by atoms with Crippen molar-refractivity contribution in [3.05, 3.63) is 34.6 Å². The molecule has 0 heterocycles. The summed E-state index contributed by atoms with van der Waals surface area (Å²) in [6.07, 6.45) is 1.91. The molecule has 1 fully saturated rings. The number of halogens is 2. The third kappa shape index (κ3) is 2.48. The van der Waals surface area contributed by atoms with Crippen LogP contribution in [0.25, 0.3) is 0 Å². The predicted molar refractivity (Wildman–Crippen MR) is 57.3 cm³/mol. The van der Waals surface area contributed by atoms with Gasteiger partial charge in [0.2, 0.25) is 0 Å². The van der Waals surface area contributed by atoms with Crippen LogP contribution in [-0.4, -0.2) is 17.3 Å². The van der Waals surface area contributed by atoms with E-state index in [0.29, 0.717) is 17.1 Å². The van der Waals surface area contributed by atoms with Gasteiger partial charge in [0.1, 0.15) is 5.82 Å². The minimum absolute atomic E-state index is 0.113. The van der Waals surface area contributed by atoms with Crippen LogP contribution in [0, 0.1) is 5.82 Å². The number of nitrogens with one attached hydrogen (secondary N) is 1. The Kier molecular flexibility index (Phi) is 2.96. The minimum Gasteiger partial charge on any atom is -0.394 e. The topological polar surface area (TPSA) is 32.3 Å². The zero-order valence-corrected chi connectivity index (χ0v) is 9.02. The quantitative estimate of drug-likeness (QED) is 0.829. The largest absolute Gasteiger partial charge is 0.394 e. The van der Waals surface area contributed by atoms with Crippen molar-refractivity contribution in [2.45, 2.75) is 24.9 Å². The van der Waals surface area contributed by atoms with Gasteiger partial charge in [0.15, 0.2) is 0 Å². The van der Waals surface area contributed by atoms with E-state index in [1.54, 1.807) is 12.1 Å². The van der Waals surface area contributed by atoms with Crippen molar-refractivity contribution in [1.82, 2.24) is 5.32 Å². The summed E-state index contributed by atoms with van der Waals surface area (Å²) in [5.41, 5.74) is 0.422. The normalized spacial score (nSPS) is 17.8. The average Bonchev–Trinajstić information content (AvgIpc) is 2.97. The van der Waals surface area contributed by atoms with E-state index in [-0.39, 0.29) is 18.0 Å². The highest BCUT2D eigenvalue weighted by Gasteiger charge is 2.41. The summed E-state index contributed by atoms with van der Waals surface area (Å²) in [6, 6.07) is 4.63. The van der Waals surface area contributed by atoms with Crippen LogP contribution < -0.4 is 5.32 Å². The molecule has 0 radical (unpaired) electrons. The molecule has 1 aromatic rings. The van der Waals surface area contributed by atoms with E-state index in [2.05, 4.69) is 5.32 Å². The molecule has 0 saturated heterocycles. The third-order valence-electron chi connectivity index (χ3n) is 2.83. The van der Waals surface area contributed by atoms with E-state index in [9.17, 15) is 4.39 Å². The molecule has 0 spiro atoms. The van der Waals surface area contributed by atoms with E-state index in [1.807, 2.05) is 0 Å². The summed E-state index contributed by atoms with van der Waals surface area (Å²) >= 11 is 5.65. The van der Waals surface area contributed by atoms with E-state index in [0.717, 1.165) is 12.8 Å². The van der Waals surface area contributed by atoms with Gasteiger partial charge < -0.3 is 10.4 Å². The molecule has 0 bridgehead atoms. The standard InChI is InChI=1S/C11H13ClFNO/c12-9-2-1-8(10(13)5-9)6-14-11(7-15)3-4-11/h1-2,5,14-15H,3-4,6-7H2.